The van der Waals surface area contributed by atoms with Crippen molar-refractivity contribution in [1.82, 2.24) is 0 Å². The highest BCUT2D eigenvalue weighted by Gasteiger charge is 2.32. The minimum absolute atomic E-state index is 0.0482. The zero-order valence-corrected chi connectivity index (χ0v) is 15.8. The number of methoxy groups -OCH3 is 1. The Morgan fingerprint density at radius 3 is 2.08 bits per heavy atom. The molecule has 2 aliphatic carbocycles. The van der Waals surface area contributed by atoms with Crippen molar-refractivity contribution in [2.75, 3.05) is 7.11 Å². The molecule has 0 N–H and O–H groups in total. The van der Waals surface area contributed by atoms with Gasteiger partial charge in [-0.2, -0.15) is 4.39 Å². The van der Waals surface area contributed by atoms with E-state index in [-0.39, 0.29) is 11.7 Å². The second-order valence-corrected chi connectivity index (χ2v) is 7.75. The van der Waals surface area contributed by atoms with E-state index in [9.17, 15) is 8.78 Å². The normalized spacial score (nSPS) is 29.8. The van der Waals surface area contributed by atoms with Crippen LogP contribution >= 0.6 is 0 Å². The van der Waals surface area contributed by atoms with Crippen molar-refractivity contribution >= 4 is 0 Å². The second kappa shape index (κ2) is 8.98. The van der Waals surface area contributed by atoms with Gasteiger partial charge in [0.25, 0.3) is 0 Å². The summed E-state index contributed by atoms with van der Waals surface area (Å²) in [5, 5.41) is 0. The number of allylic oxidation sites excluding steroid dienone is 1. The smallest absolute Gasteiger partial charge is 0.201 e. The van der Waals surface area contributed by atoms with Crippen LogP contribution in [0.4, 0.5) is 8.78 Å². The van der Waals surface area contributed by atoms with Crippen LogP contribution < -0.4 is 4.74 Å². The molecule has 0 aliphatic heterocycles. The SMILES string of the molecule is C/C=C/Oc1ccc(C2CCC(C3CCC(OC)CC3)CC2)c(F)c1F. The van der Waals surface area contributed by atoms with Crippen molar-refractivity contribution in [3.05, 3.63) is 41.7 Å². The van der Waals surface area contributed by atoms with E-state index >= 15 is 0 Å². The maximum absolute atomic E-state index is 14.5. The zero-order chi connectivity index (χ0) is 18.5. The van der Waals surface area contributed by atoms with Gasteiger partial charge in [-0.15, -0.1) is 0 Å². The van der Waals surface area contributed by atoms with E-state index in [0.717, 1.165) is 50.4 Å². The van der Waals surface area contributed by atoms with Gasteiger partial charge in [-0.25, -0.2) is 4.39 Å². The summed E-state index contributed by atoms with van der Waals surface area (Å²) in [5.74, 6) is -0.0359. The summed E-state index contributed by atoms with van der Waals surface area (Å²) in [6, 6.07) is 3.25. The van der Waals surface area contributed by atoms with E-state index in [1.807, 2.05) is 0 Å². The molecule has 0 unspecified atom stereocenters. The van der Waals surface area contributed by atoms with Gasteiger partial charge in [0.2, 0.25) is 5.82 Å². The lowest BCUT2D eigenvalue weighted by Crippen LogP contribution is -2.28. The molecule has 3 rings (SSSR count). The summed E-state index contributed by atoms with van der Waals surface area (Å²) in [6.45, 7) is 1.77. The van der Waals surface area contributed by atoms with Crippen molar-refractivity contribution in [2.24, 2.45) is 11.8 Å². The first-order valence-corrected chi connectivity index (χ1v) is 9.92. The van der Waals surface area contributed by atoms with E-state index in [1.54, 1.807) is 32.2 Å². The lowest BCUT2D eigenvalue weighted by molar-refractivity contribution is 0.0410. The second-order valence-electron chi connectivity index (χ2n) is 7.75. The van der Waals surface area contributed by atoms with Gasteiger partial charge in [0.1, 0.15) is 0 Å². The lowest BCUT2D eigenvalue weighted by atomic mass is 9.69. The molecule has 1 aromatic carbocycles. The van der Waals surface area contributed by atoms with Crippen molar-refractivity contribution in [3.8, 4) is 5.75 Å². The molecular formula is C22H30F2O2. The predicted molar refractivity (Wildman–Crippen MR) is 99.3 cm³/mol. The first-order chi connectivity index (χ1) is 12.6. The Morgan fingerprint density at radius 2 is 1.50 bits per heavy atom. The third kappa shape index (κ3) is 4.28. The number of ether oxygens (including phenoxy) is 2. The summed E-state index contributed by atoms with van der Waals surface area (Å²) in [7, 11) is 1.80. The van der Waals surface area contributed by atoms with Gasteiger partial charge in [0.15, 0.2) is 11.6 Å². The fourth-order valence-electron chi connectivity index (χ4n) is 4.79. The van der Waals surface area contributed by atoms with E-state index in [2.05, 4.69) is 0 Å². The van der Waals surface area contributed by atoms with Crippen molar-refractivity contribution in [3.63, 3.8) is 0 Å². The quantitative estimate of drug-likeness (QED) is 0.566. The van der Waals surface area contributed by atoms with Crippen molar-refractivity contribution < 1.29 is 18.3 Å². The highest BCUT2D eigenvalue weighted by atomic mass is 19.2. The molecule has 2 saturated carbocycles. The molecule has 2 nitrogen and oxygen atoms in total. The average Bonchev–Trinajstić information content (AvgIpc) is 2.69. The molecule has 0 aromatic heterocycles. The molecule has 0 amide bonds. The summed E-state index contributed by atoms with van der Waals surface area (Å²) < 4.78 is 39.3. The molecule has 1 aromatic rings. The van der Waals surface area contributed by atoms with Crippen LogP contribution in [0, 0.1) is 23.5 Å². The highest BCUT2D eigenvalue weighted by Crippen LogP contribution is 2.44. The number of hydrogen-bond acceptors (Lipinski definition) is 2. The van der Waals surface area contributed by atoms with E-state index in [1.165, 1.54) is 19.1 Å². The van der Waals surface area contributed by atoms with E-state index in [4.69, 9.17) is 9.47 Å². The summed E-state index contributed by atoms with van der Waals surface area (Å²) in [5.41, 5.74) is 0.511. The molecule has 0 atom stereocenters. The van der Waals surface area contributed by atoms with Crippen LogP contribution in [0.15, 0.2) is 24.5 Å². The monoisotopic (exact) mass is 364 g/mol. The Labute approximate surface area is 155 Å². The molecule has 26 heavy (non-hydrogen) atoms. The molecule has 0 radical (unpaired) electrons. The molecular weight excluding hydrogens is 334 g/mol. The zero-order valence-electron chi connectivity index (χ0n) is 15.8. The van der Waals surface area contributed by atoms with Gasteiger partial charge >= 0.3 is 0 Å². The van der Waals surface area contributed by atoms with Crippen LogP contribution in [0.5, 0.6) is 5.75 Å². The molecule has 0 saturated heterocycles. The van der Waals surface area contributed by atoms with Crippen molar-refractivity contribution in [2.45, 2.75) is 70.3 Å². The Kier molecular flexibility index (Phi) is 6.68. The fourth-order valence-corrected chi connectivity index (χ4v) is 4.79. The summed E-state index contributed by atoms with van der Waals surface area (Å²) in [4.78, 5) is 0. The molecule has 2 fully saturated rings. The van der Waals surface area contributed by atoms with E-state index in [0.29, 0.717) is 11.7 Å². The van der Waals surface area contributed by atoms with Crippen LogP contribution in [-0.2, 0) is 4.74 Å². The number of hydrogen-bond donors (Lipinski definition) is 0. The van der Waals surface area contributed by atoms with Crippen LogP contribution in [-0.4, -0.2) is 13.2 Å². The van der Waals surface area contributed by atoms with Crippen molar-refractivity contribution in [1.29, 1.82) is 0 Å². The maximum atomic E-state index is 14.5. The van der Waals surface area contributed by atoms with Gasteiger partial charge in [-0.3, -0.25) is 0 Å². The van der Waals surface area contributed by atoms with Crippen LogP contribution in [0.3, 0.4) is 0 Å². The standard InChI is InChI=1S/C22H30F2O2/c1-3-14-26-20-13-12-19(21(23)22(20)24)17-6-4-15(5-7-17)16-8-10-18(25-2)11-9-16/h3,12-18H,4-11H2,1-2H3/b14-3+. The Hall–Kier alpha value is -1.42. The summed E-state index contributed by atoms with van der Waals surface area (Å²) >= 11 is 0. The van der Waals surface area contributed by atoms with Gasteiger partial charge in [0, 0.05) is 7.11 Å². The maximum Gasteiger partial charge on any atom is 0.201 e. The Balaban J connectivity index is 1.59. The van der Waals surface area contributed by atoms with E-state index < -0.39 is 11.6 Å². The number of halogens is 2. The minimum atomic E-state index is -0.874. The predicted octanol–water partition coefficient (Wildman–Crippen LogP) is 6.36. The molecule has 2 aliphatic rings. The van der Waals surface area contributed by atoms with Crippen LogP contribution in [0.1, 0.15) is 69.8 Å². The summed E-state index contributed by atoms with van der Waals surface area (Å²) in [6.07, 6.45) is 12.4. The Bertz CT molecular complexity index is 613. The molecule has 144 valence electrons. The minimum Gasteiger partial charge on any atom is -0.462 e. The highest BCUT2D eigenvalue weighted by molar-refractivity contribution is 5.33. The first-order valence-electron chi connectivity index (χ1n) is 9.92. The largest absolute Gasteiger partial charge is 0.462 e. The topological polar surface area (TPSA) is 18.5 Å². The van der Waals surface area contributed by atoms with Gasteiger partial charge < -0.3 is 9.47 Å². The van der Waals surface area contributed by atoms with Crippen LogP contribution in [0.2, 0.25) is 0 Å². The van der Waals surface area contributed by atoms with Crippen LogP contribution in [0.25, 0.3) is 0 Å². The third-order valence-corrected chi connectivity index (χ3v) is 6.34. The number of benzene rings is 1. The average molecular weight is 364 g/mol. The molecule has 0 heterocycles. The first kappa shape index (κ1) is 19.3. The van der Waals surface area contributed by atoms with Gasteiger partial charge in [0.05, 0.1) is 12.4 Å². The lowest BCUT2D eigenvalue weighted by Gasteiger charge is -2.37. The van der Waals surface area contributed by atoms with Gasteiger partial charge in [-0.1, -0.05) is 12.1 Å². The molecule has 0 bridgehead atoms. The third-order valence-electron chi connectivity index (χ3n) is 6.34. The van der Waals surface area contributed by atoms with Gasteiger partial charge in [-0.05, 0) is 87.7 Å². The number of rotatable bonds is 5. The fraction of sp³-hybridized carbons (Fsp3) is 0.636. The molecule has 0 spiro atoms. The Morgan fingerprint density at radius 1 is 0.885 bits per heavy atom. The molecule has 4 heteroatoms.